The number of nitrogens with zero attached hydrogens (tertiary/aromatic N) is 1. The molecule has 6 heteroatoms. The second kappa shape index (κ2) is 4.44. The van der Waals surface area contributed by atoms with Crippen LogP contribution in [0.25, 0.3) is 10.9 Å². The van der Waals surface area contributed by atoms with E-state index in [4.69, 9.17) is 5.73 Å². The van der Waals surface area contributed by atoms with Crippen molar-refractivity contribution in [2.24, 2.45) is 5.41 Å². The van der Waals surface area contributed by atoms with Crippen molar-refractivity contribution in [1.29, 1.82) is 0 Å². The molecule has 0 atom stereocenters. The average molecular weight is 308 g/mol. The zero-order valence-electron chi connectivity index (χ0n) is 12.2. The SMILES string of the molecule is CC1(C)CC(=O)c2c(nc3cc(C(F)(F)F)ccc3c2N)C1. The van der Waals surface area contributed by atoms with Gasteiger partial charge in [0.15, 0.2) is 5.78 Å². The fraction of sp³-hybridized carbons (Fsp3) is 0.375. The van der Waals surface area contributed by atoms with Crippen LogP contribution >= 0.6 is 0 Å². The van der Waals surface area contributed by atoms with E-state index in [1.165, 1.54) is 6.07 Å². The molecule has 3 rings (SSSR count). The second-order valence-electron chi connectivity index (χ2n) is 6.52. The van der Waals surface area contributed by atoms with Crippen molar-refractivity contribution in [2.45, 2.75) is 32.9 Å². The summed E-state index contributed by atoms with van der Waals surface area (Å²) in [6, 6.07) is 3.23. The Labute approximate surface area is 125 Å². The van der Waals surface area contributed by atoms with Crippen LogP contribution in [0.15, 0.2) is 18.2 Å². The summed E-state index contributed by atoms with van der Waals surface area (Å²) in [5, 5.41) is 0.389. The van der Waals surface area contributed by atoms with Gasteiger partial charge in [-0.05, 0) is 24.0 Å². The van der Waals surface area contributed by atoms with Gasteiger partial charge in [0.25, 0.3) is 0 Å². The highest BCUT2D eigenvalue weighted by molar-refractivity contribution is 6.09. The first kappa shape index (κ1) is 14.8. The van der Waals surface area contributed by atoms with Crippen LogP contribution in [0.3, 0.4) is 0 Å². The van der Waals surface area contributed by atoms with E-state index in [1.807, 2.05) is 13.8 Å². The van der Waals surface area contributed by atoms with Crippen LogP contribution in [-0.2, 0) is 12.6 Å². The summed E-state index contributed by atoms with van der Waals surface area (Å²) in [6.07, 6.45) is -3.56. The van der Waals surface area contributed by atoms with Crippen molar-refractivity contribution in [3.8, 4) is 0 Å². The largest absolute Gasteiger partial charge is 0.416 e. The standard InChI is InChI=1S/C16H15F3N2O/c1-15(2)6-11-13(12(22)7-15)14(20)9-4-3-8(16(17,18)19)5-10(9)21-11/h3-5H,6-7H2,1-2H3,(H2,20,21). The van der Waals surface area contributed by atoms with Gasteiger partial charge in [-0.2, -0.15) is 13.2 Å². The van der Waals surface area contributed by atoms with E-state index in [-0.39, 0.29) is 22.4 Å². The first-order chi connectivity index (χ1) is 10.1. The van der Waals surface area contributed by atoms with E-state index < -0.39 is 11.7 Å². The van der Waals surface area contributed by atoms with Crippen LogP contribution in [0, 0.1) is 5.41 Å². The maximum atomic E-state index is 12.8. The number of fused-ring (bicyclic) bond motifs is 2. The lowest BCUT2D eigenvalue weighted by atomic mass is 9.75. The van der Waals surface area contributed by atoms with E-state index in [2.05, 4.69) is 4.98 Å². The Bertz CT molecular complexity index is 794. The van der Waals surface area contributed by atoms with E-state index in [1.54, 1.807) is 0 Å². The van der Waals surface area contributed by atoms with Crippen molar-refractivity contribution in [3.63, 3.8) is 0 Å². The number of ketones is 1. The summed E-state index contributed by atoms with van der Waals surface area (Å²) in [7, 11) is 0. The molecule has 2 N–H and O–H groups in total. The van der Waals surface area contributed by atoms with Crippen LogP contribution < -0.4 is 5.73 Å². The Morgan fingerprint density at radius 3 is 2.55 bits per heavy atom. The van der Waals surface area contributed by atoms with Gasteiger partial charge < -0.3 is 5.73 Å². The molecular weight excluding hydrogens is 293 g/mol. The fourth-order valence-electron chi connectivity index (χ4n) is 3.00. The number of aromatic nitrogens is 1. The van der Waals surface area contributed by atoms with E-state index in [0.717, 1.165) is 12.1 Å². The average Bonchev–Trinajstić information content (AvgIpc) is 2.34. The van der Waals surface area contributed by atoms with Gasteiger partial charge in [-0.3, -0.25) is 9.78 Å². The third kappa shape index (κ3) is 2.32. The molecular formula is C16H15F3N2O. The number of nitrogen functional groups attached to an aromatic ring is 1. The van der Waals surface area contributed by atoms with Crippen LogP contribution in [0.2, 0.25) is 0 Å². The summed E-state index contributed by atoms with van der Waals surface area (Å²) in [6.45, 7) is 3.87. The number of rotatable bonds is 0. The van der Waals surface area contributed by atoms with Gasteiger partial charge >= 0.3 is 6.18 Å². The third-order valence-electron chi connectivity index (χ3n) is 3.99. The molecule has 0 aliphatic heterocycles. The Hall–Kier alpha value is -2.11. The lowest BCUT2D eigenvalue weighted by Crippen LogP contribution is -2.28. The second-order valence-corrected chi connectivity index (χ2v) is 6.52. The van der Waals surface area contributed by atoms with Crippen molar-refractivity contribution >= 4 is 22.4 Å². The number of alkyl halides is 3. The summed E-state index contributed by atoms with van der Waals surface area (Å²) in [5.41, 5.74) is 6.27. The molecule has 0 amide bonds. The lowest BCUT2D eigenvalue weighted by Gasteiger charge is -2.30. The van der Waals surface area contributed by atoms with Gasteiger partial charge in [0.05, 0.1) is 28.0 Å². The van der Waals surface area contributed by atoms with Crippen LogP contribution in [0.4, 0.5) is 18.9 Å². The normalized spacial score (nSPS) is 17.6. The van der Waals surface area contributed by atoms with Crippen LogP contribution in [0.1, 0.15) is 41.9 Å². The zero-order valence-corrected chi connectivity index (χ0v) is 12.2. The third-order valence-corrected chi connectivity index (χ3v) is 3.99. The van der Waals surface area contributed by atoms with Crippen LogP contribution in [0.5, 0.6) is 0 Å². The molecule has 22 heavy (non-hydrogen) atoms. The number of nitrogens with two attached hydrogens (primary N) is 1. The molecule has 1 heterocycles. The quantitative estimate of drug-likeness (QED) is 0.800. The van der Waals surface area contributed by atoms with Gasteiger partial charge in [-0.1, -0.05) is 19.9 Å². The highest BCUT2D eigenvalue weighted by atomic mass is 19.4. The zero-order chi connectivity index (χ0) is 16.3. The summed E-state index contributed by atoms with van der Waals surface area (Å²) in [4.78, 5) is 16.6. The van der Waals surface area contributed by atoms with Gasteiger partial charge in [0.1, 0.15) is 0 Å². The van der Waals surface area contributed by atoms with Gasteiger partial charge in [-0.15, -0.1) is 0 Å². The van der Waals surface area contributed by atoms with Crippen molar-refractivity contribution in [3.05, 3.63) is 35.0 Å². The number of pyridine rings is 1. The Morgan fingerprint density at radius 1 is 1.23 bits per heavy atom. The number of Topliss-reactive ketones (excluding diaryl/α,β-unsaturated/α-hetero) is 1. The highest BCUT2D eigenvalue weighted by Gasteiger charge is 2.35. The Morgan fingerprint density at radius 2 is 1.91 bits per heavy atom. The molecule has 1 aromatic heterocycles. The predicted molar refractivity (Wildman–Crippen MR) is 77.6 cm³/mol. The number of hydrogen-bond donors (Lipinski definition) is 1. The number of halogens is 3. The molecule has 0 fully saturated rings. The maximum absolute atomic E-state index is 12.8. The first-order valence-electron chi connectivity index (χ1n) is 6.91. The number of carbonyl (C=O) groups is 1. The minimum absolute atomic E-state index is 0.0990. The van der Waals surface area contributed by atoms with E-state index >= 15 is 0 Å². The number of hydrogen-bond acceptors (Lipinski definition) is 3. The molecule has 0 bridgehead atoms. The Balaban J connectivity index is 2.27. The predicted octanol–water partition coefficient (Wildman–Crippen LogP) is 3.99. The van der Waals surface area contributed by atoms with E-state index in [9.17, 15) is 18.0 Å². The molecule has 1 aromatic carbocycles. The van der Waals surface area contributed by atoms with Crippen molar-refractivity contribution in [2.75, 3.05) is 5.73 Å². The number of anilines is 1. The molecule has 0 unspecified atom stereocenters. The smallest absolute Gasteiger partial charge is 0.398 e. The molecule has 2 aromatic rings. The van der Waals surface area contributed by atoms with Crippen LogP contribution in [-0.4, -0.2) is 10.8 Å². The van der Waals surface area contributed by atoms with Gasteiger partial charge in [-0.25, -0.2) is 0 Å². The summed E-state index contributed by atoms with van der Waals surface area (Å²) < 4.78 is 38.5. The molecule has 116 valence electrons. The number of carbonyl (C=O) groups excluding carboxylic acids is 1. The minimum Gasteiger partial charge on any atom is -0.398 e. The summed E-state index contributed by atoms with van der Waals surface area (Å²) in [5.74, 6) is -0.0990. The minimum atomic E-state index is -4.43. The fourth-order valence-corrected chi connectivity index (χ4v) is 3.00. The lowest BCUT2D eigenvalue weighted by molar-refractivity contribution is -0.137. The van der Waals surface area contributed by atoms with Crippen molar-refractivity contribution in [1.82, 2.24) is 4.98 Å². The van der Waals surface area contributed by atoms with Gasteiger partial charge in [0.2, 0.25) is 0 Å². The number of benzene rings is 1. The molecule has 1 aliphatic carbocycles. The first-order valence-corrected chi connectivity index (χ1v) is 6.91. The maximum Gasteiger partial charge on any atom is 0.416 e. The molecule has 3 nitrogen and oxygen atoms in total. The summed E-state index contributed by atoms with van der Waals surface area (Å²) >= 11 is 0. The molecule has 0 saturated heterocycles. The Kier molecular flexibility index (Phi) is 2.99. The topological polar surface area (TPSA) is 56.0 Å². The molecule has 0 spiro atoms. The monoisotopic (exact) mass is 308 g/mol. The van der Waals surface area contributed by atoms with Gasteiger partial charge in [0, 0.05) is 11.8 Å². The molecule has 0 radical (unpaired) electrons. The van der Waals surface area contributed by atoms with Crippen molar-refractivity contribution < 1.29 is 18.0 Å². The molecule has 0 saturated carbocycles. The van der Waals surface area contributed by atoms with E-state index in [0.29, 0.717) is 29.5 Å². The highest BCUT2D eigenvalue weighted by Crippen LogP contribution is 2.39. The molecule has 1 aliphatic rings.